The summed E-state index contributed by atoms with van der Waals surface area (Å²) in [6, 6.07) is 8.34. The van der Waals surface area contributed by atoms with Crippen LogP contribution in [0.4, 0.5) is 11.4 Å². The van der Waals surface area contributed by atoms with Crippen molar-refractivity contribution in [1.29, 1.82) is 0 Å². The number of carbonyl (C=O) groups excluding carboxylic acids is 1. The van der Waals surface area contributed by atoms with E-state index in [1.165, 1.54) is 0 Å². The van der Waals surface area contributed by atoms with Crippen LogP contribution >= 0.6 is 55.1 Å². The number of nitrogen functional groups attached to an aromatic ring is 1. The molecular formula is C13H8Br2Cl2N2O. The molecule has 7 heteroatoms. The summed E-state index contributed by atoms with van der Waals surface area (Å²) in [5, 5.41) is 3.26. The lowest BCUT2D eigenvalue weighted by Gasteiger charge is -2.12. The fourth-order valence-electron chi connectivity index (χ4n) is 1.62. The standard InChI is InChI=1S/C13H8Br2Cl2N2O/c14-6-4-7(15)12(10(18)5-6)19-13(20)11-8(16)2-1-3-9(11)17/h1-5H,18H2,(H,19,20). The number of nitrogens with two attached hydrogens (primary N) is 1. The first-order chi connectivity index (χ1) is 9.40. The first-order valence-corrected chi connectivity index (χ1v) is 7.74. The van der Waals surface area contributed by atoms with E-state index in [-0.39, 0.29) is 15.6 Å². The molecule has 2 aromatic carbocycles. The van der Waals surface area contributed by atoms with E-state index in [2.05, 4.69) is 37.2 Å². The SMILES string of the molecule is Nc1cc(Br)cc(Br)c1NC(=O)c1c(Cl)cccc1Cl. The van der Waals surface area contributed by atoms with E-state index in [4.69, 9.17) is 28.9 Å². The van der Waals surface area contributed by atoms with E-state index in [1.54, 1.807) is 30.3 Å². The minimum absolute atomic E-state index is 0.213. The second-order valence-corrected chi connectivity index (χ2v) is 6.49. The van der Waals surface area contributed by atoms with Gasteiger partial charge in [-0.3, -0.25) is 4.79 Å². The Bertz CT molecular complexity index is 649. The quantitative estimate of drug-likeness (QED) is 0.621. The molecule has 0 bridgehead atoms. The van der Waals surface area contributed by atoms with Crippen LogP contribution in [0.1, 0.15) is 10.4 Å². The van der Waals surface area contributed by atoms with Crippen molar-refractivity contribution in [3.8, 4) is 0 Å². The lowest BCUT2D eigenvalue weighted by atomic mass is 10.2. The third kappa shape index (κ3) is 3.28. The highest BCUT2D eigenvalue weighted by atomic mass is 79.9. The maximum Gasteiger partial charge on any atom is 0.258 e. The van der Waals surface area contributed by atoms with Gasteiger partial charge in [0.2, 0.25) is 0 Å². The molecule has 0 atom stereocenters. The minimum Gasteiger partial charge on any atom is -0.397 e. The van der Waals surface area contributed by atoms with Crippen LogP contribution in [0.25, 0.3) is 0 Å². The van der Waals surface area contributed by atoms with E-state index >= 15 is 0 Å². The fraction of sp³-hybridized carbons (Fsp3) is 0. The van der Waals surface area contributed by atoms with E-state index in [9.17, 15) is 4.79 Å². The van der Waals surface area contributed by atoms with Gasteiger partial charge in [0, 0.05) is 8.95 Å². The third-order valence-corrected chi connectivity index (χ3v) is 4.23. The smallest absolute Gasteiger partial charge is 0.258 e. The van der Waals surface area contributed by atoms with Gasteiger partial charge in [-0.15, -0.1) is 0 Å². The zero-order valence-corrected chi connectivity index (χ0v) is 14.6. The number of hydrogen-bond donors (Lipinski definition) is 2. The van der Waals surface area contributed by atoms with Crippen LogP contribution in [0.2, 0.25) is 10.0 Å². The topological polar surface area (TPSA) is 55.1 Å². The maximum atomic E-state index is 12.3. The second kappa shape index (κ2) is 6.35. The van der Waals surface area contributed by atoms with Gasteiger partial charge >= 0.3 is 0 Å². The molecule has 0 aliphatic carbocycles. The van der Waals surface area contributed by atoms with Crippen molar-refractivity contribution >= 4 is 72.3 Å². The van der Waals surface area contributed by atoms with Crippen molar-refractivity contribution in [2.75, 3.05) is 11.1 Å². The van der Waals surface area contributed by atoms with Crippen LogP contribution in [0.3, 0.4) is 0 Å². The van der Waals surface area contributed by atoms with Gasteiger partial charge in [-0.1, -0.05) is 45.2 Å². The molecule has 3 nitrogen and oxygen atoms in total. The summed E-state index contributed by atoms with van der Waals surface area (Å²) in [6.45, 7) is 0. The zero-order valence-electron chi connectivity index (χ0n) is 9.88. The van der Waals surface area contributed by atoms with E-state index in [0.29, 0.717) is 15.8 Å². The molecule has 20 heavy (non-hydrogen) atoms. The van der Waals surface area contributed by atoms with Crippen molar-refractivity contribution < 1.29 is 4.79 Å². The number of carbonyl (C=O) groups is 1. The summed E-state index contributed by atoms with van der Waals surface area (Å²) in [7, 11) is 0. The van der Waals surface area contributed by atoms with Crippen molar-refractivity contribution in [3.63, 3.8) is 0 Å². The number of anilines is 2. The molecule has 0 heterocycles. The lowest BCUT2D eigenvalue weighted by Crippen LogP contribution is -2.14. The van der Waals surface area contributed by atoms with Crippen LogP contribution in [-0.2, 0) is 0 Å². The number of amides is 1. The highest BCUT2D eigenvalue weighted by Gasteiger charge is 2.17. The Morgan fingerprint density at radius 3 is 2.30 bits per heavy atom. The summed E-state index contributed by atoms with van der Waals surface area (Å²) in [5.74, 6) is -0.421. The third-order valence-electron chi connectivity index (χ3n) is 2.51. The molecule has 0 aromatic heterocycles. The molecule has 104 valence electrons. The van der Waals surface area contributed by atoms with Gasteiger partial charge in [-0.25, -0.2) is 0 Å². The molecule has 0 spiro atoms. The first kappa shape index (κ1) is 15.6. The molecule has 0 aliphatic heterocycles. The highest BCUT2D eigenvalue weighted by molar-refractivity contribution is 9.11. The number of nitrogens with one attached hydrogen (secondary N) is 1. The van der Waals surface area contributed by atoms with Crippen LogP contribution in [0.15, 0.2) is 39.3 Å². The molecular weight excluding hydrogens is 431 g/mol. The summed E-state index contributed by atoms with van der Waals surface area (Å²) < 4.78 is 1.46. The monoisotopic (exact) mass is 436 g/mol. The van der Waals surface area contributed by atoms with Gasteiger partial charge in [-0.05, 0) is 40.2 Å². The van der Waals surface area contributed by atoms with E-state index in [1.807, 2.05) is 0 Å². The maximum absolute atomic E-state index is 12.3. The van der Waals surface area contributed by atoms with Gasteiger partial charge < -0.3 is 11.1 Å². The van der Waals surface area contributed by atoms with Crippen molar-refractivity contribution in [2.24, 2.45) is 0 Å². The van der Waals surface area contributed by atoms with Gasteiger partial charge in [0.25, 0.3) is 5.91 Å². The summed E-state index contributed by atoms with van der Waals surface area (Å²) in [6.07, 6.45) is 0. The van der Waals surface area contributed by atoms with Crippen molar-refractivity contribution in [3.05, 3.63) is 54.9 Å². The molecule has 0 aliphatic rings. The molecule has 2 rings (SSSR count). The molecule has 0 fully saturated rings. The Morgan fingerprint density at radius 2 is 1.75 bits per heavy atom. The summed E-state index contributed by atoms with van der Waals surface area (Å²) >= 11 is 18.7. The number of rotatable bonds is 2. The van der Waals surface area contributed by atoms with Crippen LogP contribution in [0, 0.1) is 0 Å². The summed E-state index contributed by atoms with van der Waals surface area (Å²) in [4.78, 5) is 12.3. The van der Waals surface area contributed by atoms with Gasteiger partial charge in [0.15, 0.2) is 0 Å². The van der Waals surface area contributed by atoms with Crippen molar-refractivity contribution in [1.82, 2.24) is 0 Å². The number of hydrogen-bond acceptors (Lipinski definition) is 2. The fourth-order valence-corrected chi connectivity index (χ4v) is 3.54. The van der Waals surface area contributed by atoms with Crippen LogP contribution in [-0.4, -0.2) is 5.91 Å². The predicted octanol–water partition coefficient (Wildman–Crippen LogP) is 5.35. The van der Waals surface area contributed by atoms with Gasteiger partial charge in [0.05, 0.1) is 27.0 Å². The molecule has 0 unspecified atom stereocenters. The Morgan fingerprint density at radius 1 is 1.15 bits per heavy atom. The van der Waals surface area contributed by atoms with Gasteiger partial charge in [0.1, 0.15) is 0 Å². The summed E-state index contributed by atoms with van der Waals surface area (Å²) in [5.41, 5.74) is 6.98. The molecule has 2 aromatic rings. The largest absolute Gasteiger partial charge is 0.397 e. The van der Waals surface area contributed by atoms with Crippen molar-refractivity contribution in [2.45, 2.75) is 0 Å². The average molecular weight is 439 g/mol. The highest BCUT2D eigenvalue weighted by Crippen LogP contribution is 2.34. The van der Waals surface area contributed by atoms with Gasteiger partial charge in [-0.2, -0.15) is 0 Å². The molecule has 1 amide bonds. The first-order valence-electron chi connectivity index (χ1n) is 5.40. The molecule has 0 saturated carbocycles. The van der Waals surface area contributed by atoms with E-state index in [0.717, 1.165) is 4.47 Å². The predicted molar refractivity (Wildman–Crippen MR) is 90.7 cm³/mol. The Labute approximate surface area is 142 Å². The molecule has 0 radical (unpaired) electrons. The second-order valence-electron chi connectivity index (χ2n) is 3.90. The average Bonchev–Trinajstić information content (AvgIpc) is 2.33. The normalized spacial score (nSPS) is 10.4. The van der Waals surface area contributed by atoms with E-state index < -0.39 is 5.91 Å². The molecule has 0 saturated heterocycles. The number of halogens is 4. The van der Waals surface area contributed by atoms with Crippen LogP contribution < -0.4 is 11.1 Å². The number of benzene rings is 2. The zero-order chi connectivity index (χ0) is 14.9. The minimum atomic E-state index is -0.421. The van der Waals surface area contributed by atoms with Crippen LogP contribution in [0.5, 0.6) is 0 Å². The lowest BCUT2D eigenvalue weighted by molar-refractivity contribution is 0.102. The Hall–Kier alpha value is -0.750. The molecule has 3 N–H and O–H groups in total. The Balaban J connectivity index is 2.38. The Kier molecular flexibility index (Phi) is 4.96.